The molecule has 0 radical (unpaired) electrons. The summed E-state index contributed by atoms with van der Waals surface area (Å²) in [6, 6.07) is 5.83. The van der Waals surface area contributed by atoms with E-state index < -0.39 is 5.97 Å². The molecule has 0 aliphatic heterocycles. The fourth-order valence-corrected chi connectivity index (χ4v) is 1.95. The van der Waals surface area contributed by atoms with E-state index in [4.69, 9.17) is 9.84 Å². The minimum absolute atomic E-state index is 0.633. The van der Waals surface area contributed by atoms with Crippen LogP contribution in [0.25, 0.3) is 5.57 Å². The van der Waals surface area contributed by atoms with Crippen LogP contribution in [0.15, 0.2) is 24.3 Å². The van der Waals surface area contributed by atoms with E-state index in [1.54, 1.807) is 0 Å². The first-order valence-corrected chi connectivity index (χ1v) is 6.31. The van der Waals surface area contributed by atoms with Gasteiger partial charge in [0.2, 0.25) is 0 Å². The van der Waals surface area contributed by atoms with Crippen molar-refractivity contribution in [2.45, 2.75) is 33.6 Å². The standard InChI is InChI=1S/C15H20O3/c1-4-11-9-13(18-6-3)7-8-14(11)12(5-2)10-15(16)17/h7-10H,4-6H2,1-3H3,(H,16,17)/b12-10+. The van der Waals surface area contributed by atoms with Crippen molar-refractivity contribution in [2.24, 2.45) is 0 Å². The van der Waals surface area contributed by atoms with Gasteiger partial charge in [-0.05, 0) is 48.6 Å². The largest absolute Gasteiger partial charge is 0.494 e. The Hall–Kier alpha value is -1.77. The summed E-state index contributed by atoms with van der Waals surface area (Å²) in [6.07, 6.45) is 2.84. The molecule has 0 amide bonds. The molecule has 98 valence electrons. The lowest BCUT2D eigenvalue weighted by Gasteiger charge is -2.12. The van der Waals surface area contributed by atoms with Crippen molar-refractivity contribution in [2.75, 3.05) is 6.61 Å². The van der Waals surface area contributed by atoms with Gasteiger partial charge in [0.25, 0.3) is 0 Å². The van der Waals surface area contributed by atoms with Gasteiger partial charge in [-0.15, -0.1) is 0 Å². The highest BCUT2D eigenvalue weighted by Gasteiger charge is 2.08. The highest BCUT2D eigenvalue weighted by Crippen LogP contribution is 2.26. The van der Waals surface area contributed by atoms with E-state index >= 15 is 0 Å². The number of carbonyl (C=O) groups is 1. The van der Waals surface area contributed by atoms with Gasteiger partial charge >= 0.3 is 5.97 Å². The summed E-state index contributed by atoms with van der Waals surface area (Å²) in [5, 5.41) is 8.88. The van der Waals surface area contributed by atoms with Crippen molar-refractivity contribution >= 4 is 11.5 Å². The number of benzene rings is 1. The summed E-state index contributed by atoms with van der Waals surface area (Å²) in [5.41, 5.74) is 2.98. The van der Waals surface area contributed by atoms with Crippen LogP contribution in [0.3, 0.4) is 0 Å². The molecule has 1 rings (SSSR count). The van der Waals surface area contributed by atoms with Crippen molar-refractivity contribution in [1.82, 2.24) is 0 Å². The molecule has 0 fully saturated rings. The molecule has 18 heavy (non-hydrogen) atoms. The van der Waals surface area contributed by atoms with E-state index in [0.717, 1.165) is 28.9 Å². The molecule has 0 saturated carbocycles. The Labute approximate surface area is 108 Å². The van der Waals surface area contributed by atoms with Crippen molar-refractivity contribution in [3.8, 4) is 5.75 Å². The van der Waals surface area contributed by atoms with E-state index in [-0.39, 0.29) is 0 Å². The number of hydrogen-bond acceptors (Lipinski definition) is 2. The van der Waals surface area contributed by atoms with Crippen molar-refractivity contribution in [3.63, 3.8) is 0 Å². The van der Waals surface area contributed by atoms with Gasteiger partial charge in [0.1, 0.15) is 5.75 Å². The Morgan fingerprint density at radius 2 is 2.06 bits per heavy atom. The maximum atomic E-state index is 10.8. The summed E-state index contributed by atoms with van der Waals surface area (Å²) in [6.45, 7) is 6.60. The zero-order valence-electron chi connectivity index (χ0n) is 11.2. The van der Waals surface area contributed by atoms with Crippen LogP contribution >= 0.6 is 0 Å². The van der Waals surface area contributed by atoms with Gasteiger partial charge in [0.15, 0.2) is 0 Å². The second-order valence-electron chi connectivity index (χ2n) is 3.97. The minimum Gasteiger partial charge on any atom is -0.494 e. The summed E-state index contributed by atoms with van der Waals surface area (Å²) in [5.74, 6) is -0.0633. The van der Waals surface area contributed by atoms with Gasteiger partial charge in [-0.2, -0.15) is 0 Å². The molecule has 0 aliphatic carbocycles. The monoisotopic (exact) mass is 248 g/mol. The third kappa shape index (κ3) is 3.62. The Balaban J connectivity index is 3.18. The van der Waals surface area contributed by atoms with Gasteiger partial charge < -0.3 is 9.84 Å². The molecule has 0 atom stereocenters. The molecule has 0 aliphatic rings. The summed E-state index contributed by atoms with van der Waals surface area (Å²) in [4.78, 5) is 10.8. The van der Waals surface area contributed by atoms with E-state index in [1.165, 1.54) is 6.08 Å². The number of ether oxygens (including phenoxy) is 1. The first-order valence-electron chi connectivity index (χ1n) is 6.31. The molecular weight excluding hydrogens is 228 g/mol. The molecule has 0 unspecified atom stereocenters. The number of aliphatic carboxylic acids is 1. The zero-order valence-corrected chi connectivity index (χ0v) is 11.2. The summed E-state index contributed by atoms with van der Waals surface area (Å²) in [7, 11) is 0. The fraction of sp³-hybridized carbons (Fsp3) is 0.400. The van der Waals surface area contributed by atoms with Crippen LogP contribution in [0.4, 0.5) is 0 Å². The first-order chi connectivity index (χ1) is 8.62. The van der Waals surface area contributed by atoms with E-state index in [1.807, 2.05) is 32.0 Å². The lowest BCUT2D eigenvalue weighted by molar-refractivity contribution is -0.131. The van der Waals surface area contributed by atoms with Gasteiger partial charge in [-0.1, -0.05) is 19.9 Å². The quantitative estimate of drug-likeness (QED) is 0.783. The molecule has 3 heteroatoms. The number of rotatable bonds is 6. The normalized spacial score (nSPS) is 11.4. The lowest BCUT2D eigenvalue weighted by atomic mass is 9.96. The average Bonchev–Trinajstić information content (AvgIpc) is 2.36. The molecule has 3 nitrogen and oxygen atoms in total. The predicted octanol–water partition coefficient (Wildman–Crippen LogP) is 3.53. The molecule has 0 bridgehead atoms. The number of carboxylic acids is 1. The van der Waals surface area contributed by atoms with Crippen LogP contribution in [0.1, 0.15) is 38.3 Å². The first kappa shape index (κ1) is 14.3. The number of carboxylic acid groups (broad SMARTS) is 1. The molecular formula is C15H20O3. The molecule has 1 aromatic rings. The molecule has 1 aromatic carbocycles. The second kappa shape index (κ2) is 6.84. The predicted molar refractivity (Wildman–Crippen MR) is 72.9 cm³/mol. The highest BCUT2D eigenvalue weighted by molar-refractivity contribution is 5.90. The maximum absolute atomic E-state index is 10.8. The highest BCUT2D eigenvalue weighted by atomic mass is 16.5. The molecule has 0 heterocycles. The molecule has 1 N–H and O–H groups in total. The van der Waals surface area contributed by atoms with E-state index in [9.17, 15) is 4.79 Å². The third-order valence-corrected chi connectivity index (χ3v) is 2.79. The van der Waals surface area contributed by atoms with Crippen molar-refractivity contribution < 1.29 is 14.6 Å². The Bertz CT molecular complexity index is 447. The lowest BCUT2D eigenvalue weighted by Crippen LogP contribution is -1.98. The Morgan fingerprint density at radius 3 is 2.56 bits per heavy atom. The smallest absolute Gasteiger partial charge is 0.328 e. The Kier molecular flexibility index (Phi) is 5.43. The van der Waals surface area contributed by atoms with Crippen LogP contribution in [0.5, 0.6) is 5.75 Å². The third-order valence-electron chi connectivity index (χ3n) is 2.79. The van der Waals surface area contributed by atoms with Crippen LogP contribution < -0.4 is 4.74 Å². The van der Waals surface area contributed by atoms with Crippen LogP contribution in [-0.4, -0.2) is 17.7 Å². The number of allylic oxidation sites excluding steroid dienone is 1. The molecule has 0 aromatic heterocycles. The molecule has 0 saturated heterocycles. The van der Waals surface area contributed by atoms with Crippen LogP contribution in [-0.2, 0) is 11.2 Å². The van der Waals surface area contributed by atoms with Gasteiger partial charge in [-0.3, -0.25) is 0 Å². The van der Waals surface area contributed by atoms with Gasteiger partial charge in [0.05, 0.1) is 6.61 Å². The summed E-state index contributed by atoms with van der Waals surface area (Å²) >= 11 is 0. The van der Waals surface area contributed by atoms with E-state index in [2.05, 4.69) is 6.92 Å². The number of hydrogen-bond donors (Lipinski definition) is 1. The maximum Gasteiger partial charge on any atom is 0.328 e. The van der Waals surface area contributed by atoms with Gasteiger partial charge in [0, 0.05) is 6.08 Å². The molecule has 0 spiro atoms. The second-order valence-corrected chi connectivity index (χ2v) is 3.97. The van der Waals surface area contributed by atoms with Gasteiger partial charge in [-0.25, -0.2) is 4.79 Å². The van der Waals surface area contributed by atoms with Crippen molar-refractivity contribution in [1.29, 1.82) is 0 Å². The van der Waals surface area contributed by atoms with Crippen molar-refractivity contribution in [3.05, 3.63) is 35.4 Å². The van der Waals surface area contributed by atoms with Crippen LogP contribution in [0, 0.1) is 0 Å². The minimum atomic E-state index is -0.900. The van der Waals surface area contributed by atoms with Crippen LogP contribution in [0.2, 0.25) is 0 Å². The average molecular weight is 248 g/mol. The Morgan fingerprint density at radius 1 is 1.33 bits per heavy atom. The van der Waals surface area contributed by atoms with E-state index in [0.29, 0.717) is 13.0 Å². The number of aryl methyl sites for hydroxylation is 1. The zero-order chi connectivity index (χ0) is 13.5. The summed E-state index contributed by atoms with van der Waals surface area (Å²) < 4.78 is 5.46. The SMILES string of the molecule is CCOc1ccc(/C(=C/C(=O)O)CC)c(CC)c1. The topological polar surface area (TPSA) is 46.5 Å². The fourth-order valence-electron chi connectivity index (χ4n) is 1.95.